The minimum atomic E-state index is -0.509. The van der Waals surface area contributed by atoms with Crippen molar-refractivity contribution in [2.24, 2.45) is 0 Å². The second-order valence-electron chi connectivity index (χ2n) is 3.98. The first-order valence-corrected chi connectivity index (χ1v) is 5.39. The van der Waals surface area contributed by atoms with E-state index < -0.39 is 6.10 Å². The molecule has 2 rings (SSSR count). The van der Waals surface area contributed by atoms with Crippen molar-refractivity contribution in [1.29, 1.82) is 0 Å². The van der Waals surface area contributed by atoms with Gasteiger partial charge in [-0.1, -0.05) is 6.07 Å². The first-order valence-electron chi connectivity index (χ1n) is 5.39. The fraction of sp³-hybridized carbons (Fsp3) is 0.417. The van der Waals surface area contributed by atoms with E-state index in [1.54, 1.807) is 13.0 Å². The monoisotopic (exact) mass is 221 g/mol. The van der Waals surface area contributed by atoms with Gasteiger partial charge in [0, 0.05) is 12.1 Å². The van der Waals surface area contributed by atoms with Gasteiger partial charge < -0.3 is 15.2 Å². The van der Waals surface area contributed by atoms with Crippen LogP contribution in [0.15, 0.2) is 18.2 Å². The van der Waals surface area contributed by atoms with Crippen LogP contribution >= 0.6 is 0 Å². The molecule has 1 unspecified atom stereocenters. The first-order chi connectivity index (χ1) is 7.66. The Morgan fingerprint density at radius 1 is 1.56 bits per heavy atom. The lowest BCUT2D eigenvalue weighted by molar-refractivity contribution is 0.0945. The zero-order chi connectivity index (χ0) is 11.5. The molecule has 0 aliphatic carbocycles. The van der Waals surface area contributed by atoms with Gasteiger partial charge in [0.05, 0.1) is 6.10 Å². The van der Waals surface area contributed by atoms with Gasteiger partial charge in [0.15, 0.2) is 0 Å². The molecular formula is C12H15NO3. The van der Waals surface area contributed by atoms with Crippen molar-refractivity contribution in [2.75, 3.05) is 13.2 Å². The molecule has 0 bridgehead atoms. The lowest BCUT2D eigenvalue weighted by Crippen LogP contribution is -2.31. The van der Waals surface area contributed by atoms with Crippen LogP contribution in [0.1, 0.15) is 22.8 Å². The molecule has 4 nitrogen and oxygen atoms in total. The minimum absolute atomic E-state index is 0.0521. The summed E-state index contributed by atoms with van der Waals surface area (Å²) in [6.45, 7) is 2.59. The highest BCUT2D eigenvalue weighted by atomic mass is 16.5. The van der Waals surface area contributed by atoms with E-state index in [1.807, 2.05) is 12.1 Å². The molecule has 4 heteroatoms. The van der Waals surface area contributed by atoms with Crippen LogP contribution in [0, 0.1) is 0 Å². The van der Waals surface area contributed by atoms with E-state index in [-0.39, 0.29) is 12.5 Å². The number of carbonyl (C=O) groups is 1. The summed E-state index contributed by atoms with van der Waals surface area (Å²) < 4.78 is 5.35. The highest BCUT2D eigenvalue weighted by molar-refractivity contribution is 5.97. The molecule has 0 saturated heterocycles. The van der Waals surface area contributed by atoms with Crippen LogP contribution < -0.4 is 10.1 Å². The third kappa shape index (κ3) is 2.33. The zero-order valence-corrected chi connectivity index (χ0v) is 9.19. The summed E-state index contributed by atoms with van der Waals surface area (Å²) in [5.41, 5.74) is 1.72. The van der Waals surface area contributed by atoms with Crippen LogP contribution in [0.3, 0.4) is 0 Å². The van der Waals surface area contributed by atoms with E-state index in [1.165, 1.54) is 0 Å². The molecule has 0 spiro atoms. The molecule has 0 saturated carbocycles. The maximum atomic E-state index is 11.6. The van der Waals surface area contributed by atoms with Crippen molar-refractivity contribution in [1.82, 2.24) is 5.32 Å². The average molecular weight is 221 g/mol. The van der Waals surface area contributed by atoms with Gasteiger partial charge in [0.2, 0.25) is 0 Å². The van der Waals surface area contributed by atoms with E-state index in [2.05, 4.69) is 5.32 Å². The third-order valence-corrected chi connectivity index (χ3v) is 2.50. The number of ether oxygens (including phenoxy) is 1. The van der Waals surface area contributed by atoms with Gasteiger partial charge in [-0.25, -0.2) is 0 Å². The van der Waals surface area contributed by atoms with Crippen LogP contribution in [0.4, 0.5) is 0 Å². The second-order valence-corrected chi connectivity index (χ2v) is 3.98. The number of hydrogen-bond donors (Lipinski definition) is 2. The number of hydrogen-bond acceptors (Lipinski definition) is 3. The number of nitrogens with one attached hydrogen (secondary N) is 1. The maximum Gasteiger partial charge on any atom is 0.251 e. The molecule has 1 aromatic carbocycles. The van der Waals surface area contributed by atoms with Crippen molar-refractivity contribution < 1.29 is 14.6 Å². The summed E-state index contributed by atoms with van der Waals surface area (Å²) in [6.07, 6.45) is 0.349. The fourth-order valence-electron chi connectivity index (χ4n) is 1.70. The zero-order valence-electron chi connectivity index (χ0n) is 9.19. The highest BCUT2D eigenvalue weighted by Crippen LogP contribution is 2.20. The number of aliphatic hydroxyl groups is 1. The summed E-state index contributed by atoms with van der Waals surface area (Å²) in [5.74, 6) is 0.570. The smallest absolute Gasteiger partial charge is 0.251 e. The molecule has 86 valence electrons. The molecule has 1 heterocycles. The molecular weight excluding hydrogens is 206 g/mol. The van der Waals surface area contributed by atoms with Gasteiger partial charge in [-0.15, -0.1) is 0 Å². The fourth-order valence-corrected chi connectivity index (χ4v) is 1.70. The number of benzene rings is 1. The van der Waals surface area contributed by atoms with Crippen molar-refractivity contribution >= 4 is 5.91 Å². The van der Waals surface area contributed by atoms with Gasteiger partial charge in [0.1, 0.15) is 12.4 Å². The molecule has 0 fully saturated rings. The molecule has 0 aromatic heterocycles. The Balaban J connectivity index is 2.17. The SMILES string of the molecule is CC(O)COc1ccc2c(c1)C(=O)NCC2. The van der Waals surface area contributed by atoms with Gasteiger partial charge in [0.25, 0.3) is 5.91 Å². The Hall–Kier alpha value is -1.55. The third-order valence-electron chi connectivity index (χ3n) is 2.50. The lowest BCUT2D eigenvalue weighted by atomic mass is 10.0. The van der Waals surface area contributed by atoms with Gasteiger partial charge in [-0.2, -0.15) is 0 Å². The van der Waals surface area contributed by atoms with E-state index in [0.29, 0.717) is 17.9 Å². The molecule has 1 atom stereocenters. The lowest BCUT2D eigenvalue weighted by Gasteiger charge is -2.17. The summed E-state index contributed by atoms with van der Waals surface area (Å²) in [5, 5.41) is 11.9. The predicted molar refractivity (Wildman–Crippen MR) is 59.7 cm³/mol. The number of amides is 1. The Bertz CT molecular complexity index is 401. The molecule has 0 radical (unpaired) electrons. The van der Waals surface area contributed by atoms with Gasteiger partial charge in [-0.05, 0) is 31.0 Å². The molecule has 1 aromatic rings. The summed E-state index contributed by atoms with van der Waals surface area (Å²) >= 11 is 0. The average Bonchev–Trinajstić information content (AvgIpc) is 2.27. The van der Waals surface area contributed by atoms with Gasteiger partial charge >= 0.3 is 0 Å². The van der Waals surface area contributed by atoms with Gasteiger partial charge in [-0.3, -0.25) is 4.79 Å². The Labute approximate surface area is 94.2 Å². The van der Waals surface area contributed by atoms with Crippen molar-refractivity contribution in [3.63, 3.8) is 0 Å². The van der Waals surface area contributed by atoms with Crippen LogP contribution in [-0.2, 0) is 6.42 Å². The predicted octanol–water partition coefficient (Wildman–Crippen LogP) is 0.732. The van der Waals surface area contributed by atoms with E-state index >= 15 is 0 Å². The quantitative estimate of drug-likeness (QED) is 0.791. The molecule has 1 aliphatic rings. The highest BCUT2D eigenvalue weighted by Gasteiger charge is 2.16. The first kappa shape index (κ1) is 11.0. The van der Waals surface area contributed by atoms with Crippen LogP contribution in [0.2, 0.25) is 0 Å². The number of carbonyl (C=O) groups excluding carboxylic acids is 1. The summed E-state index contributed by atoms with van der Waals surface area (Å²) in [7, 11) is 0. The molecule has 2 N–H and O–H groups in total. The van der Waals surface area contributed by atoms with Crippen molar-refractivity contribution in [3.8, 4) is 5.75 Å². The second kappa shape index (κ2) is 4.53. The molecule has 1 amide bonds. The summed E-state index contributed by atoms with van der Waals surface area (Å²) in [6, 6.07) is 5.47. The van der Waals surface area contributed by atoms with Crippen LogP contribution in [0.25, 0.3) is 0 Å². The van der Waals surface area contributed by atoms with Crippen LogP contribution in [-0.4, -0.2) is 30.3 Å². The standard InChI is InChI=1S/C12H15NO3/c1-8(14)7-16-10-3-2-9-4-5-13-12(15)11(9)6-10/h2-3,6,8,14H,4-5,7H2,1H3,(H,13,15). The van der Waals surface area contributed by atoms with E-state index in [0.717, 1.165) is 12.0 Å². The normalized spacial score (nSPS) is 16.2. The number of fused-ring (bicyclic) bond motifs is 1. The summed E-state index contributed by atoms with van der Waals surface area (Å²) in [4.78, 5) is 11.6. The minimum Gasteiger partial charge on any atom is -0.491 e. The number of rotatable bonds is 3. The maximum absolute atomic E-state index is 11.6. The topological polar surface area (TPSA) is 58.6 Å². The largest absolute Gasteiger partial charge is 0.491 e. The van der Waals surface area contributed by atoms with Crippen molar-refractivity contribution in [3.05, 3.63) is 29.3 Å². The number of aliphatic hydroxyl groups excluding tert-OH is 1. The molecule has 16 heavy (non-hydrogen) atoms. The Morgan fingerprint density at radius 3 is 3.12 bits per heavy atom. The molecule has 1 aliphatic heterocycles. The van der Waals surface area contributed by atoms with Crippen molar-refractivity contribution in [2.45, 2.75) is 19.4 Å². The van der Waals surface area contributed by atoms with E-state index in [4.69, 9.17) is 9.84 Å². The Kier molecular flexibility index (Phi) is 3.10. The Morgan fingerprint density at radius 2 is 2.38 bits per heavy atom. The van der Waals surface area contributed by atoms with Crippen LogP contribution in [0.5, 0.6) is 5.75 Å². The van der Waals surface area contributed by atoms with E-state index in [9.17, 15) is 4.79 Å².